The summed E-state index contributed by atoms with van der Waals surface area (Å²) in [5.41, 5.74) is 1.35. The fraction of sp³-hybridized carbons (Fsp3) is 0.0625. The van der Waals surface area contributed by atoms with Crippen LogP contribution < -0.4 is 9.47 Å². The number of fused-ring (bicyclic) bond motifs is 1. The van der Waals surface area contributed by atoms with E-state index in [2.05, 4.69) is 0 Å². The molecule has 0 aliphatic carbocycles. The number of hydrogen-bond acceptors (Lipinski definition) is 4. The Balaban J connectivity index is 2.02. The number of phenolic OH excluding ortho intramolecular Hbond substituents is 1. The van der Waals surface area contributed by atoms with Gasteiger partial charge in [-0.25, -0.2) is 4.79 Å². The van der Waals surface area contributed by atoms with Gasteiger partial charge < -0.3 is 19.7 Å². The summed E-state index contributed by atoms with van der Waals surface area (Å²) in [6.45, 7) is 0.142. The molecule has 1 aliphatic rings. The minimum Gasteiger partial charge on any atom is -0.508 e. The highest BCUT2D eigenvalue weighted by Gasteiger charge is 2.17. The van der Waals surface area contributed by atoms with E-state index < -0.39 is 5.97 Å². The van der Waals surface area contributed by atoms with Crippen molar-refractivity contribution in [2.75, 3.05) is 6.79 Å². The van der Waals surface area contributed by atoms with Gasteiger partial charge in [0.15, 0.2) is 11.5 Å². The van der Waals surface area contributed by atoms with E-state index in [9.17, 15) is 15.0 Å². The summed E-state index contributed by atoms with van der Waals surface area (Å²) < 4.78 is 10.5. The van der Waals surface area contributed by atoms with E-state index in [1.165, 1.54) is 12.1 Å². The Morgan fingerprint density at radius 1 is 1.05 bits per heavy atom. The van der Waals surface area contributed by atoms with Crippen molar-refractivity contribution in [2.45, 2.75) is 0 Å². The number of carboxylic acid groups (broad SMARTS) is 1. The molecule has 0 bridgehead atoms. The quantitative estimate of drug-likeness (QED) is 0.669. The molecule has 0 unspecified atom stereocenters. The molecule has 0 radical (unpaired) electrons. The van der Waals surface area contributed by atoms with Gasteiger partial charge in [-0.3, -0.25) is 0 Å². The number of aliphatic carboxylic acids is 1. The van der Waals surface area contributed by atoms with Crippen molar-refractivity contribution in [1.29, 1.82) is 0 Å². The van der Waals surface area contributed by atoms with Crippen LogP contribution in [0.1, 0.15) is 11.1 Å². The summed E-state index contributed by atoms with van der Waals surface area (Å²) >= 11 is 0. The van der Waals surface area contributed by atoms with Crippen molar-refractivity contribution in [3.63, 3.8) is 0 Å². The van der Waals surface area contributed by atoms with Gasteiger partial charge in [-0.1, -0.05) is 18.2 Å². The third kappa shape index (κ3) is 2.67. The second kappa shape index (κ2) is 5.20. The molecule has 0 aromatic heterocycles. The van der Waals surface area contributed by atoms with Crippen LogP contribution in [0.2, 0.25) is 0 Å². The first-order valence-electron chi connectivity index (χ1n) is 6.27. The smallest absolute Gasteiger partial charge is 0.336 e. The molecule has 5 heteroatoms. The molecule has 1 aliphatic heterocycles. The van der Waals surface area contributed by atoms with Gasteiger partial charge in [-0.2, -0.15) is 0 Å². The zero-order valence-electron chi connectivity index (χ0n) is 10.9. The van der Waals surface area contributed by atoms with E-state index in [1.807, 2.05) is 0 Å². The SMILES string of the molecule is O=C(O)/C(=C\c1ccc(O)cc1)c1ccc2c(c1)OCO2. The number of phenols is 1. The van der Waals surface area contributed by atoms with Crippen molar-refractivity contribution >= 4 is 17.6 Å². The third-order valence-electron chi connectivity index (χ3n) is 3.12. The Labute approximate surface area is 120 Å². The molecule has 2 N–H and O–H groups in total. The van der Waals surface area contributed by atoms with Crippen LogP contribution in [0.25, 0.3) is 11.6 Å². The summed E-state index contributed by atoms with van der Waals surface area (Å²) in [6, 6.07) is 11.3. The fourth-order valence-electron chi connectivity index (χ4n) is 2.07. The van der Waals surface area contributed by atoms with Gasteiger partial charge in [0.1, 0.15) is 5.75 Å². The summed E-state index contributed by atoms with van der Waals surface area (Å²) in [4.78, 5) is 11.5. The van der Waals surface area contributed by atoms with E-state index in [4.69, 9.17) is 9.47 Å². The second-order valence-electron chi connectivity index (χ2n) is 4.52. The second-order valence-corrected chi connectivity index (χ2v) is 4.52. The molecule has 0 amide bonds. The van der Waals surface area contributed by atoms with Crippen molar-refractivity contribution in [3.05, 3.63) is 53.6 Å². The van der Waals surface area contributed by atoms with E-state index in [-0.39, 0.29) is 18.1 Å². The molecule has 21 heavy (non-hydrogen) atoms. The lowest BCUT2D eigenvalue weighted by atomic mass is 10.0. The van der Waals surface area contributed by atoms with Gasteiger partial charge in [0.05, 0.1) is 5.57 Å². The monoisotopic (exact) mass is 284 g/mol. The summed E-state index contributed by atoms with van der Waals surface area (Å²) in [6.07, 6.45) is 1.54. The number of benzene rings is 2. The maximum atomic E-state index is 11.5. The summed E-state index contributed by atoms with van der Waals surface area (Å²) in [7, 11) is 0. The summed E-state index contributed by atoms with van der Waals surface area (Å²) in [5, 5.41) is 18.7. The number of hydrogen-bond donors (Lipinski definition) is 2. The lowest BCUT2D eigenvalue weighted by Crippen LogP contribution is -1.99. The molecule has 2 aromatic carbocycles. The highest BCUT2D eigenvalue weighted by atomic mass is 16.7. The van der Waals surface area contributed by atoms with Crippen LogP contribution in [0, 0.1) is 0 Å². The highest BCUT2D eigenvalue weighted by Crippen LogP contribution is 2.35. The van der Waals surface area contributed by atoms with Crippen molar-refractivity contribution < 1.29 is 24.5 Å². The van der Waals surface area contributed by atoms with Gasteiger partial charge in [-0.05, 0) is 41.5 Å². The topological polar surface area (TPSA) is 76.0 Å². The third-order valence-corrected chi connectivity index (χ3v) is 3.12. The maximum absolute atomic E-state index is 11.5. The normalized spacial score (nSPS) is 13.2. The van der Waals surface area contributed by atoms with E-state index in [1.54, 1.807) is 36.4 Å². The number of aromatic hydroxyl groups is 1. The van der Waals surface area contributed by atoms with E-state index in [0.29, 0.717) is 22.6 Å². The first kappa shape index (κ1) is 13.1. The molecule has 0 fully saturated rings. The standard InChI is InChI=1S/C16H12O5/c17-12-4-1-10(2-5-12)7-13(16(18)19)11-3-6-14-15(8-11)21-9-20-14/h1-8,17H,9H2,(H,18,19)/b13-7-. The van der Waals surface area contributed by atoms with Gasteiger partial charge >= 0.3 is 5.97 Å². The van der Waals surface area contributed by atoms with Crippen molar-refractivity contribution in [3.8, 4) is 17.2 Å². The molecular weight excluding hydrogens is 272 g/mol. The number of carbonyl (C=O) groups is 1. The first-order valence-corrected chi connectivity index (χ1v) is 6.27. The van der Waals surface area contributed by atoms with Crippen LogP contribution in [0.4, 0.5) is 0 Å². The largest absolute Gasteiger partial charge is 0.508 e. The van der Waals surface area contributed by atoms with Crippen molar-refractivity contribution in [1.82, 2.24) is 0 Å². The predicted octanol–water partition coefficient (Wildman–Crippen LogP) is 2.75. The Kier molecular flexibility index (Phi) is 3.23. The Hall–Kier alpha value is -2.95. The van der Waals surface area contributed by atoms with Gasteiger partial charge in [0.2, 0.25) is 6.79 Å². The molecule has 0 saturated heterocycles. The molecule has 1 heterocycles. The highest BCUT2D eigenvalue weighted by molar-refractivity contribution is 6.20. The van der Waals surface area contributed by atoms with Crippen molar-refractivity contribution in [2.24, 2.45) is 0 Å². The van der Waals surface area contributed by atoms with Gasteiger partial charge in [0, 0.05) is 0 Å². The van der Waals surface area contributed by atoms with Crippen LogP contribution in [-0.4, -0.2) is 23.0 Å². The van der Waals surface area contributed by atoms with Crippen LogP contribution >= 0.6 is 0 Å². The summed E-state index contributed by atoms with van der Waals surface area (Å²) in [5.74, 6) is 0.229. The predicted molar refractivity (Wildman–Crippen MR) is 76.2 cm³/mol. The van der Waals surface area contributed by atoms with Crippen LogP contribution in [0.15, 0.2) is 42.5 Å². The Morgan fingerprint density at radius 3 is 2.48 bits per heavy atom. The lowest BCUT2D eigenvalue weighted by molar-refractivity contribution is -0.130. The maximum Gasteiger partial charge on any atom is 0.336 e. The minimum absolute atomic E-state index is 0.132. The van der Waals surface area contributed by atoms with Gasteiger partial charge in [-0.15, -0.1) is 0 Å². The van der Waals surface area contributed by atoms with Crippen LogP contribution in [0.3, 0.4) is 0 Å². The zero-order valence-corrected chi connectivity index (χ0v) is 10.9. The number of ether oxygens (including phenoxy) is 2. The number of carboxylic acids is 1. The molecule has 2 aromatic rings. The first-order chi connectivity index (χ1) is 10.1. The molecule has 3 rings (SSSR count). The van der Waals surface area contributed by atoms with Crippen LogP contribution in [0.5, 0.6) is 17.2 Å². The minimum atomic E-state index is -1.04. The fourth-order valence-corrected chi connectivity index (χ4v) is 2.07. The molecule has 106 valence electrons. The molecule has 0 spiro atoms. The zero-order chi connectivity index (χ0) is 14.8. The lowest BCUT2D eigenvalue weighted by Gasteiger charge is -2.05. The molecular formula is C16H12O5. The molecule has 5 nitrogen and oxygen atoms in total. The molecule has 0 saturated carbocycles. The van der Waals surface area contributed by atoms with E-state index >= 15 is 0 Å². The van der Waals surface area contributed by atoms with E-state index in [0.717, 1.165) is 0 Å². The average molecular weight is 284 g/mol. The average Bonchev–Trinajstić information content (AvgIpc) is 2.93. The van der Waals surface area contributed by atoms with Crippen LogP contribution in [-0.2, 0) is 4.79 Å². The Morgan fingerprint density at radius 2 is 1.76 bits per heavy atom. The molecule has 0 atom stereocenters. The van der Waals surface area contributed by atoms with Gasteiger partial charge in [0.25, 0.3) is 0 Å². The number of rotatable bonds is 3. The Bertz CT molecular complexity index is 716.